The molecule has 6 heteroatoms. The van der Waals surface area contributed by atoms with E-state index in [1.54, 1.807) is 11.8 Å². The molecular formula is C20H19N3OS2. The van der Waals surface area contributed by atoms with Gasteiger partial charge in [-0.05, 0) is 36.8 Å². The fraction of sp³-hybridized carbons (Fsp3) is 0.200. The maximum atomic E-state index is 12.5. The van der Waals surface area contributed by atoms with Gasteiger partial charge in [0.2, 0.25) is 0 Å². The van der Waals surface area contributed by atoms with E-state index in [9.17, 15) is 4.79 Å². The quantitative estimate of drug-likeness (QED) is 0.716. The van der Waals surface area contributed by atoms with Gasteiger partial charge in [-0.15, -0.1) is 23.1 Å². The van der Waals surface area contributed by atoms with Crippen LogP contribution < -0.4 is 10.2 Å². The van der Waals surface area contributed by atoms with Crippen molar-refractivity contribution in [3.63, 3.8) is 0 Å². The van der Waals surface area contributed by atoms with E-state index in [1.807, 2.05) is 36.5 Å². The number of fused-ring (bicyclic) bond motifs is 1. The number of amides is 1. The first-order chi connectivity index (χ1) is 12.7. The summed E-state index contributed by atoms with van der Waals surface area (Å²) < 4.78 is 0. The first-order valence-electron chi connectivity index (χ1n) is 8.49. The predicted molar refractivity (Wildman–Crippen MR) is 109 cm³/mol. The van der Waals surface area contributed by atoms with E-state index >= 15 is 0 Å². The van der Waals surface area contributed by atoms with Crippen molar-refractivity contribution in [1.29, 1.82) is 0 Å². The largest absolute Gasteiger partial charge is 0.347 e. The molecule has 2 aromatic heterocycles. The molecule has 1 amide bonds. The minimum Gasteiger partial charge on any atom is -0.347 e. The number of hydrogen-bond acceptors (Lipinski definition) is 5. The van der Waals surface area contributed by atoms with Crippen LogP contribution in [0.4, 0.5) is 10.7 Å². The zero-order chi connectivity index (χ0) is 17.9. The van der Waals surface area contributed by atoms with Crippen molar-refractivity contribution in [2.75, 3.05) is 17.2 Å². The average molecular weight is 382 g/mol. The number of aromatic nitrogens is 1. The van der Waals surface area contributed by atoms with Crippen LogP contribution in [0.1, 0.15) is 20.8 Å². The Bertz CT molecular complexity index is 921. The van der Waals surface area contributed by atoms with Gasteiger partial charge >= 0.3 is 0 Å². The number of rotatable bonds is 4. The highest BCUT2D eigenvalue weighted by atomic mass is 32.2. The SMILES string of the molecule is Cc1ccc(CNC(=O)c2ccc(N3CCSc4ncccc43)s2)cc1. The Kier molecular flexibility index (Phi) is 4.95. The zero-order valence-corrected chi connectivity index (χ0v) is 16.1. The van der Waals surface area contributed by atoms with Gasteiger partial charge in [-0.3, -0.25) is 4.79 Å². The summed E-state index contributed by atoms with van der Waals surface area (Å²) in [6, 6.07) is 16.2. The Morgan fingerprint density at radius 1 is 1.19 bits per heavy atom. The third-order valence-electron chi connectivity index (χ3n) is 4.25. The Morgan fingerprint density at radius 2 is 2.04 bits per heavy atom. The summed E-state index contributed by atoms with van der Waals surface area (Å²) in [4.78, 5) is 19.9. The predicted octanol–water partition coefficient (Wildman–Crippen LogP) is 4.63. The summed E-state index contributed by atoms with van der Waals surface area (Å²) in [7, 11) is 0. The summed E-state index contributed by atoms with van der Waals surface area (Å²) in [5, 5.41) is 5.14. The molecule has 3 aromatic rings. The molecule has 1 aliphatic heterocycles. The third kappa shape index (κ3) is 3.61. The van der Waals surface area contributed by atoms with Gasteiger partial charge in [0.15, 0.2) is 0 Å². The van der Waals surface area contributed by atoms with Crippen molar-refractivity contribution in [2.24, 2.45) is 0 Å². The van der Waals surface area contributed by atoms with Crippen molar-refractivity contribution in [3.05, 3.63) is 70.7 Å². The fourth-order valence-electron chi connectivity index (χ4n) is 2.85. The third-order valence-corrected chi connectivity index (χ3v) is 6.33. The van der Waals surface area contributed by atoms with Crippen molar-refractivity contribution in [1.82, 2.24) is 10.3 Å². The number of anilines is 2. The molecule has 0 spiro atoms. The molecule has 26 heavy (non-hydrogen) atoms. The number of benzene rings is 1. The average Bonchev–Trinajstić information content (AvgIpc) is 3.17. The molecule has 0 radical (unpaired) electrons. The zero-order valence-electron chi connectivity index (χ0n) is 14.4. The van der Waals surface area contributed by atoms with Crippen LogP contribution in [-0.2, 0) is 6.54 Å². The Hall–Kier alpha value is -2.31. The lowest BCUT2D eigenvalue weighted by Crippen LogP contribution is -2.23. The van der Waals surface area contributed by atoms with Gasteiger partial charge in [0, 0.05) is 25.0 Å². The van der Waals surface area contributed by atoms with Crippen LogP contribution >= 0.6 is 23.1 Å². The molecule has 0 bridgehead atoms. The second kappa shape index (κ2) is 7.51. The molecule has 0 saturated heterocycles. The number of hydrogen-bond donors (Lipinski definition) is 1. The monoisotopic (exact) mass is 381 g/mol. The molecule has 0 atom stereocenters. The maximum absolute atomic E-state index is 12.5. The van der Waals surface area contributed by atoms with Crippen LogP contribution in [0, 0.1) is 6.92 Å². The first kappa shape index (κ1) is 17.1. The van der Waals surface area contributed by atoms with Crippen molar-refractivity contribution >= 4 is 39.7 Å². The molecule has 0 aliphatic carbocycles. The molecule has 1 N–H and O–H groups in total. The number of thiophene rings is 1. The molecule has 132 valence electrons. The Morgan fingerprint density at radius 3 is 2.88 bits per heavy atom. The first-order valence-corrected chi connectivity index (χ1v) is 10.3. The van der Waals surface area contributed by atoms with Crippen LogP contribution in [-0.4, -0.2) is 23.2 Å². The molecule has 4 nitrogen and oxygen atoms in total. The van der Waals surface area contributed by atoms with Gasteiger partial charge in [0.05, 0.1) is 15.6 Å². The summed E-state index contributed by atoms with van der Waals surface area (Å²) in [6.07, 6.45) is 1.83. The number of carbonyl (C=O) groups excluding carboxylic acids is 1. The molecule has 1 aliphatic rings. The van der Waals surface area contributed by atoms with E-state index in [4.69, 9.17) is 0 Å². The van der Waals surface area contributed by atoms with Crippen molar-refractivity contribution in [3.8, 4) is 0 Å². The highest BCUT2D eigenvalue weighted by Gasteiger charge is 2.21. The minimum absolute atomic E-state index is 0.0281. The molecule has 3 heterocycles. The second-order valence-corrected chi connectivity index (χ2v) is 8.28. The van der Waals surface area contributed by atoms with Gasteiger partial charge in [-0.1, -0.05) is 29.8 Å². The lowest BCUT2D eigenvalue weighted by atomic mass is 10.1. The van der Waals surface area contributed by atoms with Crippen molar-refractivity contribution in [2.45, 2.75) is 18.5 Å². The number of carbonyl (C=O) groups is 1. The van der Waals surface area contributed by atoms with Crippen LogP contribution in [0.5, 0.6) is 0 Å². The summed E-state index contributed by atoms with van der Waals surface area (Å²) in [6.45, 7) is 3.52. The van der Waals surface area contributed by atoms with Crippen LogP contribution in [0.3, 0.4) is 0 Å². The normalized spacial score (nSPS) is 13.3. The molecular weight excluding hydrogens is 362 g/mol. The number of pyridine rings is 1. The van der Waals surface area contributed by atoms with E-state index in [-0.39, 0.29) is 5.91 Å². The van der Waals surface area contributed by atoms with E-state index in [0.29, 0.717) is 6.54 Å². The smallest absolute Gasteiger partial charge is 0.261 e. The van der Waals surface area contributed by atoms with Crippen molar-refractivity contribution < 1.29 is 4.79 Å². The maximum Gasteiger partial charge on any atom is 0.261 e. The van der Waals surface area contributed by atoms with Gasteiger partial charge < -0.3 is 10.2 Å². The molecule has 0 fully saturated rings. The summed E-state index contributed by atoms with van der Waals surface area (Å²) in [5.41, 5.74) is 3.45. The Labute approximate surface area is 161 Å². The van der Waals surface area contributed by atoms with Gasteiger partial charge in [-0.25, -0.2) is 4.98 Å². The molecule has 4 rings (SSSR count). The number of nitrogens with one attached hydrogen (secondary N) is 1. The number of nitrogens with zero attached hydrogens (tertiary/aromatic N) is 2. The van der Waals surface area contributed by atoms with E-state index in [2.05, 4.69) is 40.3 Å². The highest BCUT2D eigenvalue weighted by Crippen LogP contribution is 2.39. The van der Waals surface area contributed by atoms with Crippen LogP contribution in [0.25, 0.3) is 0 Å². The number of thioether (sulfide) groups is 1. The lowest BCUT2D eigenvalue weighted by molar-refractivity contribution is 0.0955. The summed E-state index contributed by atoms with van der Waals surface area (Å²) in [5.74, 6) is 0.969. The fourth-order valence-corrected chi connectivity index (χ4v) is 4.74. The van der Waals surface area contributed by atoms with E-state index in [1.165, 1.54) is 16.9 Å². The topological polar surface area (TPSA) is 45.2 Å². The van der Waals surface area contributed by atoms with E-state index in [0.717, 1.165) is 38.5 Å². The lowest BCUT2D eigenvalue weighted by Gasteiger charge is -2.28. The second-order valence-electron chi connectivity index (χ2n) is 6.13. The molecule has 0 saturated carbocycles. The highest BCUT2D eigenvalue weighted by molar-refractivity contribution is 7.99. The standard InChI is InChI=1S/C20H19N3OS2/c1-14-4-6-15(7-5-14)13-22-19(24)17-8-9-18(26-17)23-11-12-25-20-16(23)3-2-10-21-20/h2-10H,11-13H2,1H3,(H,22,24). The number of aryl methyl sites for hydroxylation is 1. The van der Waals surface area contributed by atoms with Gasteiger partial charge in [0.25, 0.3) is 5.91 Å². The molecule has 0 unspecified atom stereocenters. The van der Waals surface area contributed by atoms with Crippen LogP contribution in [0.15, 0.2) is 59.8 Å². The Balaban J connectivity index is 1.46. The van der Waals surface area contributed by atoms with Gasteiger partial charge in [0.1, 0.15) is 5.03 Å². The molecule has 1 aromatic carbocycles. The van der Waals surface area contributed by atoms with Crippen LogP contribution in [0.2, 0.25) is 0 Å². The van der Waals surface area contributed by atoms with Gasteiger partial charge in [-0.2, -0.15) is 0 Å². The van der Waals surface area contributed by atoms with E-state index < -0.39 is 0 Å². The minimum atomic E-state index is -0.0281. The summed E-state index contributed by atoms with van der Waals surface area (Å²) >= 11 is 3.31.